The largest absolute Gasteiger partial charge is 0.292 e. The maximum atomic E-state index is 5.29. The van der Waals surface area contributed by atoms with Crippen molar-refractivity contribution < 1.29 is 0 Å². The molecule has 0 fully saturated rings. The van der Waals surface area contributed by atoms with Crippen LogP contribution in [0.15, 0.2) is 218 Å². The summed E-state index contributed by atoms with van der Waals surface area (Å²) in [5, 5.41) is 12.4. The molecule has 0 spiro atoms. The predicted molar refractivity (Wildman–Crippen MR) is 250 cm³/mol. The van der Waals surface area contributed by atoms with Crippen LogP contribution >= 0.6 is 0 Å². The zero-order valence-corrected chi connectivity index (χ0v) is 32.2. The van der Waals surface area contributed by atoms with Gasteiger partial charge in [-0.15, -0.1) is 0 Å². The van der Waals surface area contributed by atoms with Crippen LogP contribution in [-0.4, -0.2) is 9.55 Å². The summed E-state index contributed by atoms with van der Waals surface area (Å²) >= 11 is 0. The van der Waals surface area contributed by atoms with E-state index in [0.29, 0.717) is 0 Å². The lowest BCUT2D eigenvalue weighted by Crippen LogP contribution is -1.99. The molecule has 0 aliphatic heterocycles. The predicted octanol–water partition coefficient (Wildman–Crippen LogP) is 15.5. The minimum Gasteiger partial charge on any atom is -0.292 e. The Hall–Kier alpha value is -7.81. The van der Waals surface area contributed by atoms with Gasteiger partial charge in [-0.25, -0.2) is 4.98 Å². The first-order valence-electron chi connectivity index (χ1n) is 20.3. The van der Waals surface area contributed by atoms with Gasteiger partial charge in [0.25, 0.3) is 0 Å². The van der Waals surface area contributed by atoms with E-state index >= 15 is 0 Å². The lowest BCUT2D eigenvalue weighted by molar-refractivity contribution is 1.12. The first-order chi connectivity index (χ1) is 29.3. The molecule has 0 amide bonds. The standard InChI is InChI=1S/C57H36N2/c1-2-16-39(17-3-1)55-48-24-10-11-25-49(48)56(47-26-14-19-38-15-4-6-20-43(38)47)50-34-33-41(35-51(50)55)37-29-31-40(32-30-37)57-58-52-27-12-13-28-53(52)59(57)54-36-42-18-5-7-21-44(42)45-22-8-9-23-46(45)54/h1-36H. The van der Waals surface area contributed by atoms with Gasteiger partial charge in [0.1, 0.15) is 5.82 Å². The molecule has 1 aromatic heterocycles. The number of benzene rings is 11. The third kappa shape index (κ3) is 5.31. The Morgan fingerprint density at radius 1 is 0.305 bits per heavy atom. The highest BCUT2D eigenvalue weighted by Gasteiger charge is 2.20. The molecule has 0 saturated heterocycles. The molecule has 11 aromatic carbocycles. The fourth-order valence-electron chi connectivity index (χ4n) is 9.50. The fourth-order valence-corrected chi connectivity index (χ4v) is 9.50. The second-order valence-electron chi connectivity index (χ2n) is 15.4. The number of fused-ring (bicyclic) bond motifs is 7. The van der Waals surface area contributed by atoms with Crippen LogP contribution in [0.5, 0.6) is 0 Å². The zero-order chi connectivity index (χ0) is 38.9. The smallest absolute Gasteiger partial charge is 0.145 e. The molecule has 59 heavy (non-hydrogen) atoms. The van der Waals surface area contributed by atoms with Crippen molar-refractivity contribution in [3.05, 3.63) is 218 Å². The first kappa shape index (κ1) is 33.3. The van der Waals surface area contributed by atoms with Crippen molar-refractivity contribution in [2.45, 2.75) is 0 Å². The van der Waals surface area contributed by atoms with Gasteiger partial charge in [-0.05, 0) is 106 Å². The number of hydrogen-bond donors (Lipinski definition) is 0. The van der Waals surface area contributed by atoms with Crippen molar-refractivity contribution in [2.24, 2.45) is 0 Å². The SMILES string of the molecule is c1ccc(-c2c3ccccc3c(-c3cccc4ccccc34)c3ccc(-c4ccc(-c5nc6ccccc6n5-c5cc6ccccc6c6ccccc56)cc4)cc23)cc1. The van der Waals surface area contributed by atoms with E-state index in [1.807, 2.05) is 0 Å². The average Bonchev–Trinajstić information content (AvgIpc) is 3.70. The molecule has 0 unspecified atom stereocenters. The van der Waals surface area contributed by atoms with Crippen LogP contribution < -0.4 is 0 Å². The van der Waals surface area contributed by atoms with Gasteiger partial charge >= 0.3 is 0 Å². The molecule has 0 saturated carbocycles. The molecule has 0 aliphatic rings. The van der Waals surface area contributed by atoms with Crippen LogP contribution in [0.25, 0.3) is 115 Å². The van der Waals surface area contributed by atoms with Gasteiger partial charge in [-0.1, -0.05) is 194 Å². The highest BCUT2D eigenvalue weighted by molar-refractivity contribution is 6.24. The number of para-hydroxylation sites is 2. The minimum absolute atomic E-state index is 0.925. The Morgan fingerprint density at radius 2 is 0.881 bits per heavy atom. The van der Waals surface area contributed by atoms with E-state index in [1.54, 1.807) is 0 Å². The molecular weight excluding hydrogens is 713 g/mol. The van der Waals surface area contributed by atoms with E-state index in [4.69, 9.17) is 4.98 Å². The Labute approximate surface area is 341 Å². The van der Waals surface area contributed by atoms with Gasteiger partial charge in [0, 0.05) is 10.9 Å². The summed E-state index contributed by atoms with van der Waals surface area (Å²) in [5.74, 6) is 0.925. The minimum atomic E-state index is 0.925. The normalized spacial score (nSPS) is 11.7. The van der Waals surface area contributed by atoms with Gasteiger partial charge in [0.2, 0.25) is 0 Å². The maximum absolute atomic E-state index is 5.29. The van der Waals surface area contributed by atoms with Gasteiger partial charge < -0.3 is 0 Å². The van der Waals surface area contributed by atoms with Crippen LogP contribution in [0.1, 0.15) is 0 Å². The van der Waals surface area contributed by atoms with Gasteiger partial charge in [0.05, 0.1) is 16.7 Å². The molecule has 2 heteroatoms. The number of aromatic nitrogens is 2. The summed E-state index contributed by atoms with van der Waals surface area (Å²) in [5.41, 5.74) is 11.6. The second kappa shape index (κ2) is 13.4. The third-order valence-corrected chi connectivity index (χ3v) is 12.2. The molecule has 0 radical (unpaired) electrons. The van der Waals surface area contributed by atoms with E-state index in [-0.39, 0.29) is 0 Å². The van der Waals surface area contributed by atoms with Gasteiger partial charge in [-0.2, -0.15) is 0 Å². The molecule has 274 valence electrons. The lowest BCUT2D eigenvalue weighted by Gasteiger charge is -2.19. The highest BCUT2D eigenvalue weighted by Crippen LogP contribution is 2.46. The van der Waals surface area contributed by atoms with Gasteiger partial charge in [-0.3, -0.25) is 4.57 Å². The molecule has 0 N–H and O–H groups in total. The van der Waals surface area contributed by atoms with E-state index in [1.165, 1.54) is 81.7 Å². The van der Waals surface area contributed by atoms with Crippen LogP contribution in [0.3, 0.4) is 0 Å². The molecule has 0 aliphatic carbocycles. The van der Waals surface area contributed by atoms with Crippen molar-refractivity contribution in [1.82, 2.24) is 9.55 Å². The highest BCUT2D eigenvalue weighted by atomic mass is 15.1. The van der Waals surface area contributed by atoms with Crippen LogP contribution in [-0.2, 0) is 0 Å². The fraction of sp³-hybridized carbons (Fsp3) is 0. The quantitative estimate of drug-likeness (QED) is 0.127. The molecular formula is C57H36N2. The van der Waals surface area contributed by atoms with E-state index < -0.39 is 0 Å². The molecule has 2 nitrogen and oxygen atoms in total. The first-order valence-corrected chi connectivity index (χ1v) is 20.3. The summed E-state index contributed by atoms with van der Waals surface area (Å²) < 4.78 is 2.35. The Bertz CT molecular complexity index is 3590. The summed E-state index contributed by atoms with van der Waals surface area (Å²) in [4.78, 5) is 5.29. The Kier molecular flexibility index (Phi) is 7.57. The zero-order valence-electron chi connectivity index (χ0n) is 32.2. The summed E-state index contributed by atoms with van der Waals surface area (Å²) in [6.07, 6.45) is 0. The number of nitrogens with zero attached hydrogens (tertiary/aromatic N) is 2. The monoisotopic (exact) mass is 748 g/mol. The molecule has 12 rings (SSSR count). The van der Waals surface area contributed by atoms with Crippen molar-refractivity contribution in [2.75, 3.05) is 0 Å². The Morgan fingerprint density at radius 3 is 1.69 bits per heavy atom. The average molecular weight is 749 g/mol. The second-order valence-corrected chi connectivity index (χ2v) is 15.4. The van der Waals surface area contributed by atoms with E-state index in [0.717, 1.165) is 33.7 Å². The summed E-state index contributed by atoms with van der Waals surface area (Å²) in [7, 11) is 0. The number of imidazole rings is 1. The summed E-state index contributed by atoms with van der Waals surface area (Å²) in [6, 6.07) is 79.4. The molecule has 0 bridgehead atoms. The number of hydrogen-bond acceptors (Lipinski definition) is 1. The molecule has 12 aromatic rings. The van der Waals surface area contributed by atoms with Crippen molar-refractivity contribution in [1.29, 1.82) is 0 Å². The van der Waals surface area contributed by atoms with Crippen LogP contribution in [0.2, 0.25) is 0 Å². The summed E-state index contributed by atoms with van der Waals surface area (Å²) in [6.45, 7) is 0. The van der Waals surface area contributed by atoms with Crippen molar-refractivity contribution >= 4 is 64.9 Å². The molecule has 1 heterocycles. The van der Waals surface area contributed by atoms with E-state index in [9.17, 15) is 0 Å². The van der Waals surface area contributed by atoms with Gasteiger partial charge in [0.15, 0.2) is 0 Å². The van der Waals surface area contributed by atoms with Crippen molar-refractivity contribution in [3.8, 4) is 50.5 Å². The Balaban J connectivity index is 1.06. The topological polar surface area (TPSA) is 17.8 Å². The van der Waals surface area contributed by atoms with Crippen molar-refractivity contribution in [3.63, 3.8) is 0 Å². The van der Waals surface area contributed by atoms with Crippen LogP contribution in [0, 0.1) is 0 Å². The number of rotatable bonds is 5. The molecule has 0 atom stereocenters. The third-order valence-electron chi connectivity index (χ3n) is 12.2. The lowest BCUT2D eigenvalue weighted by atomic mass is 9.84. The maximum Gasteiger partial charge on any atom is 0.145 e. The van der Waals surface area contributed by atoms with E-state index in [2.05, 4.69) is 223 Å². The van der Waals surface area contributed by atoms with Crippen LogP contribution in [0.4, 0.5) is 0 Å².